The van der Waals surface area contributed by atoms with Crippen molar-refractivity contribution in [2.75, 3.05) is 26.7 Å². The molecule has 128 valence electrons. The van der Waals surface area contributed by atoms with Gasteiger partial charge in [0.1, 0.15) is 5.65 Å². The molecule has 0 bridgehead atoms. The molecule has 2 saturated heterocycles. The third-order valence-electron chi connectivity index (χ3n) is 5.18. The van der Waals surface area contributed by atoms with Crippen LogP contribution in [0.2, 0.25) is 0 Å². The fourth-order valence-corrected chi connectivity index (χ4v) is 3.88. The quantitative estimate of drug-likeness (QED) is 0.854. The third-order valence-corrected chi connectivity index (χ3v) is 5.18. The summed E-state index contributed by atoms with van der Waals surface area (Å²) in [6.45, 7) is 3.27. The Morgan fingerprint density at radius 2 is 2.17 bits per heavy atom. The average Bonchev–Trinajstić information content (AvgIpc) is 3.33. The second kappa shape index (κ2) is 6.53. The van der Waals surface area contributed by atoms with E-state index >= 15 is 0 Å². The van der Waals surface area contributed by atoms with Crippen molar-refractivity contribution in [3.05, 3.63) is 36.3 Å². The summed E-state index contributed by atoms with van der Waals surface area (Å²) in [4.78, 5) is 21.8. The number of aromatic nitrogens is 2. The van der Waals surface area contributed by atoms with E-state index in [9.17, 15) is 4.79 Å². The molecule has 0 saturated carbocycles. The molecule has 0 radical (unpaired) electrons. The maximum absolute atomic E-state index is 12.9. The zero-order valence-electron chi connectivity index (χ0n) is 14.1. The number of carbonyl (C=O) groups excluding carboxylic acids is 1. The van der Waals surface area contributed by atoms with Crippen molar-refractivity contribution < 1.29 is 9.53 Å². The van der Waals surface area contributed by atoms with E-state index in [0.717, 1.165) is 50.2 Å². The van der Waals surface area contributed by atoms with Crippen molar-refractivity contribution in [3.8, 4) is 0 Å². The first-order valence-corrected chi connectivity index (χ1v) is 8.73. The number of hydrogen-bond acceptors (Lipinski definition) is 4. The van der Waals surface area contributed by atoms with Crippen LogP contribution in [0.25, 0.3) is 5.65 Å². The molecule has 2 aromatic rings. The maximum atomic E-state index is 12.9. The van der Waals surface area contributed by atoms with Crippen molar-refractivity contribution in [3.63, 3.8) is 0 Å². The fraction of sp³-hybridized carbons (Fsp3) is 0.556. The first kappa shape index (κ1) is 15.6. The molecule has 4 heterocycles. The molecule has 4 rings (SSSR count). The van der Waals surface area contributed by atoms with Gasteiger partial charge in [0.2, 0.25) is 5.91 Å². The van der Waals surface area contributed by atoms with Crippen LogP contribution < -0.4 is 0 Å². The first-order valence-electron chi connectivity index (χ1n) is 8.73. The van der Waals surface area contributed by atoms with Crippen LogP contribution >= 0.6 is 0 Å². The maximum Gasteiger partial charge on any atom is 0.240 e. The smallest absolute Gasteiger partial charge is 0.240 e. The molecule has 0 unspecified atom stereocenters. The van der Waals surface area contributed by atoms with E-state index in [1.165, 1.54) is 0 Å². The van der Waals surface area contributed by atoms with E-state index in [4.69, 9.17) is 4.74 Å². The molecule has 6 heteroatoms. The summed E-state index contributed by atoms with van der Waals surface area (Å²) in [5.74, 6) is 0.260. The molecule has 0 aromatic carbocycles. The van der Waals surface area contributed by atoms with Gasteiger partial charge in [-0.3, -0.25) is 9.69 Å². The van der Waals surface area contributed by atoms with Gasteiger partial charge < -0.3 is 14.0 Å². The lowest BCUT2D eigenvalue weighted by atomic mass is 10.1. The van der Waals surface area contributed by atoms with Gasteiger partial charge in [-0.1, -0.05) is 6.07 Å². The van der Waals surface area contributed by atoms with Crippen LogP contribution in [0.5, 0.6) is 0 Å². The number of imidazole rings is 1. The normalized spacial score (nSPS) is 25.0. The Morgan fingerprint density at radius 1 is 1.33 bits per heavy atom. The SMILES string of the molecule is CO[C@H]1C[C@@H](C(=O)N2CCCC2)N(Cc2cn3ccccc3n2)C1. The van der Waals surface area contributed by atoms with Crippen LogP contribution in [0.3, 0.4) is 0 Å². The molecule has 6 nitrogen and oxygen atoms in total. The highest BCUT2D eigenvalue weighted by molar-refractivity contribution is 5.82. The van der Waals surface area contributed by atoms with Gasteiger partial charge in [0.05, 0.1) is 17.8 Å². The van der Waals surface area contributed by atoms with E-state index in [-0.39, 0.29) is 18.1 Å². The van der Waals surface area contributed by atoms with E-state index in [0.29, 0.717) is 6.54 Å². The van der Waals surface area contributed by atoms with E-state index in [1.807, 2.05) is 39.9 Å². The Balaban J connectivity index is 1.53. The van der Waals surface area contributed by atoms with E-state index in [2.05, 4.69) is 9.88 Å². The lowest BCUT2D eigenvalue weighted by molar-refractivity contribution is -0.135. The summed E-state index contributed by atoms with van der Waals surface area (Å²) >= 11 is 0. The van der Waals surface area contributed by atoms with Crippen LogP contribution in [0.1, 0.15) is 25.0 Å². The van der Waals surface area contributed by atoms with Crippen LogP contribution in [0.15, 0.2) is 30.6 Å². The van der Waals surface area contributed by atoms with E-state index < -0.39 is 0 Å². The molecule has 2 aromatic heterocycles. The highest BCUT2D eigenvalue weighted by atomic mass is 16.5. The zero-order valence-corrected chi connectivity index (χ0v) is 14.1. The van der Waals surface area contributed by atoms with Gasteiger partial charge in [0, 0.05) is 45.7 Å². The number of ether oxygens (including phenoxy) is 1. The first-order chi connectivity index (χ1) is 11.7. The summed E-state index contributed by atoms with van der Waals surface area (Å²) in [5, 5.41) is 0. The van der Waals surface area contributed by atoms with Crippen molar-refractivity contribution >= 4 is 11.6 Å². The summed E-state index contributed by atoms with van der Waals surface area (Å²) in [7, 11) is 1.73. The van der Waals surface area contributed by atoms with Crippen LogP contribution in [-0.4, -0.2) is 64.0 Å². The Bertz CT molecular complexity index is 690. The number of likely N-dealkylation sites (tertiary alicyclic amines) is 2. The van der Waals surface area contributed by atoms with Crippen LogP contribution in [0, 0.1) is 0 Å². The summed E-state index contributed by atoms with van der Waals surface area (Å²) < 4.78 is 7.57. The molecule has 0 aliphatic carbocycles. The molecular weight excluding hydrogens is 304 g/mol. The Labute approximate surface area is 142 Å². The van der Waals surface area contributed by atoms with Gasteiger partial charge >= 0.3 is 0 Å². The second-order valence-corrected chi connectivity index (χ2v) is 6.77. The predicted molar refractivity (Wildman–Crippen MR) is 90.6 cm³/mol. The molecule has 2 atom stereocenters. The molecule has 24 heavy (non-hydrogen) atoms. The molecule has 2 aliphatic rings. The molecule has 1 amide bonds. The lowest BCUT2D eigenvalue weighted by Gasteiger charge is -2.26. The number of methoxy groups -OCH3 is 1. The molecule has 2 aliphatic heterocycles. The number of hydrogen-bond donors (Lipinski definition) is 0. The summed E-state index contributed by atoms with van der Waals surface area (Å²) in [6.07, 6.45) is 7.20. The molecular formula is C18H24N4O2. The third kappa shape index (κ3) is 2.91. The van der Waals surface area contributed by atoms with Gasteiger partial charge in [-0.2, -0.15) is 0 Å². The summed E-state index contributed by atoms with van der Waals surface area (Å²) in [6, 6.07) is 5.90. The van der Waals surface area contributed by atoms with Gasteiger partial charge in [0.15, 0.2) is 0 Å². The number of carbonyl (C=O) groups is 1. The average molecular weight is 328 g/mol. The summed E-state index contributed by atoms with van der Waals surface area (Å²) in [5.41, 5.74) is 1.94. The lowest BCUT2D eigenvalue weighted by Crippen LogP contribution is -2.44. The van der Waals surface area contributed by atoms with Gasteiger partial charge in [0.25, 0.3) is 0 Å². The predicted octanol–water partition coefficient (Wildman–Crippen LogP) is 1.55. The van der Waals surface area contributed by atoms with Gasteiger partial charge in [-0.25, -0.2) is 4.98 Å². The van der Waals surface area contributed by atoms with E-state index in [1.54, 1.807) is 7.11 Å². The minimum atomic E-state index is -0.0853. The topological polar surface area (TPSA) is 50.1 Å². The van der Waals surface area contributed by atoms with Gasteiger partial charge in [-0.05, 0) is 31.4 Å². The highest BCUT2D eigenvalue weighted by Gasteiger charge is 2.39. The number of amides is 1. The van der Waals surface area contributed by atoms with Crippen LogP contribution in [-0.2, 0) is 16.1 Å². The minimum absolute atomic E-state index is 0.0853. The van der Waals surface area contributed by atoms with Crippen molar-refractivity contribution in [1.82, 2.24) is 19.2 Å². The Morgan fingerprint density at radius 3 is 2.92 bits per heavy atom. The standard InChI is InChI=1S/C18H24N4O2/c1-24-15-10-16(18(23)20-7-4-5-8-20)22(13-15)12-14-11-21-9-3-2-6-17(21)19-14/h2-3,6,9,11,15-16H,4-5,7-8,10,12-13H2,1H3/t15-,16-/m0/s1. The zero-order chi connectivity index (χ0) is 16.5. The molecule has 2 fully saturated rings. The Kier molecular flexibility index (Phi) is 4.24. The largest absolute Gasteiger partial charge is 0.380 e. The number of rotatable bonds is 4. The highest BCUT2D eigenvalue weighted by Crippen LogP contribution is 2.25. The van der Waals surface area contributed by atoms with Gasteiger partial charge in [-0.15, -0.1) is 0 Å². The van der Waals surface area contributed by atoms with Crippen molar-refractivity contribution in [1.29, 1.82) is 0 Å². The molecule has 0 spiro atoms. The Hall–Kier alpha value is -1.92. The second-order valence-electron chi connectivity index (χ2n) is 6.77. The minimum Gasteiger partial charge on any atom is -0.380 e. The monoisotopic (exact) mass is 328 g/mol. The number of pyridine rings is 1. The fourth-order valence-electron chi connectivity index (χ4n) is 3.88. The van der Waals surface area contributed by atoms with Crippen LogP contribution in [0.4, 0.5) is 0 Å². The molecule has 0 N–H and O–H groups in total. The van der Waals surface area contributed by atoms with Crippen molar-refractivity contribution in [2.24, 2.45) is 0 Å². The number of fused-ring (bicyclic) bond motifs is 1. The number of nitrogens with zero attached hydrogens (tertiary/aromatic N) is 4. The van der Waals surface area contributed by atoms with Crippen molar-refractivity contribution in [2.45, 2.75) is 38.0 Å².